The van der Waals surface area contributed by atoms with Gasteiger partial charge < -0.3 is 69.6 Å². The van der Waals surface area contributed by atoms with Gasteiger partial charge in [-0.25, -0.2) is 0 Å². The van der Waals surface area contributed by atoms with Crippen molar-refractivity contribution in [1.82, 2.24) is 0 Å². The quantitative estimate of drug-likeness (QED) is 0.162. The summed E-state index contributed by atoms with van der Waals surface area (Å²) in [4.78, 5) is 0. The Kier molecular flexibility index (Phi) is 9.90. The molecule has 0 aromatic heterocycles. The second-order valence-electron chi connectivity index (χ2n) is 21.1. The molecular formula is C41H68O14. The fourth-order valence-electron chi connectivity index (χ4n) is 14.9. The Balaban J connectivity index is 1.02. The van der Waals surface area contributed by atoms with E-state index in [-0.39, 0.29) is 52.1 Å². The standard InChI is InChI=1S/C41H68O14/c1-35(2)24(53-34-30(26(46)21(45)17-51-34)54-33-29(49)28(48)27(47)22(16-42)52-33)9-11-41-18-40(41)13-12-37(5)32(39(7)10-8-25(55-39)36(3,4)50)20(44)15-38(37,6)23(40)14-19(43)31(35)41/h19-34,42-50H,8-18H2,1-7H3/t19-,20-,21+,22+,23-,24-,25-,26-,27+,28-,29+,30+,31-,32-,33-,34-,37?,38-,39+,40-,41+/m0/s1. The number of hydrogen-bond acceptors (Lipinski definition) is 14. The van der Waals surface area contributed by atoms with Crippen molar-refractivity contribution >= 4 is 0 Å². The maximum absolute atomic E-state index is 12.4. The summed E-state index contributed by atoms with van der Waals surface area (Å²) in [6, 6.07) is 0. The van der Waals surface area contributed by atoms with Gasteiger partial charge in [0.1, 0.15) is 42.7 Å². The molecule has 0 radical (unpaired) electrons. The molecule has 9 N–H and O–H groups in total. The highest BCUT2D eigenvalue weighted by Crippen LogP contribution is 2.89. The molecule has 8 fully saturated rings. The Bertz CT molecular complexity index is 1460. The van der Waals surface area contributed by atoms with Crippen LogP contribution >= 0.6 is 0 Å². The van der Waals surface area contributed by atoms with Crippen molar-refractivity contribution in [3.8, 4) is 0 Å². The minimum atomic E-state index is -1.72. The zero-order valence-corrected chi connectivity index (χ0v) is 33.6. The first-order valence-electron chi connectivity index (χ1n) is 20.9. The third kappa shape index (κ3) is 5.70. The third-order valence-corrected chi connectivity index (χ3v) is 17.6. The van der Waals surface area contributed by atoms with Crippen LogP contribution in [0.5, 0.6) is 0 Å². The van der Waals surface area contributed by atoms with E-state index in [2.05, 4.69) is 34.6 Å². The molecule has 14 heteroatoms. The van der Waals surface area contributed by atoms with Gasteiger partial charge in [0.25, 0.3) is 0 Å². The van der Waals surface area contributed by atoms with Crippen molar-refractivity contribution in [1.29, 1.82) is 0 Å². The van der Waals surface area contributed by atoms with Gasteiger partial charge in [-0.3, -0.25) is 0 Å². The van der Waals surface area contributed by atoms with Gasteiger partial charge in [0.05, 0.1) is 48.8 Å². The van der Waals surface area contributed by atoms with Gasteiger partial charge in [0.2, 0.25) is 0 Å². The molecule has 55 heavy (non-hydrogen) atoms. The van der Waals surface area contributed by atoms with Gasteiger partial charge in [0, 0.05) is 5.92 Å². The normalized spacial score (nSPS) is 58.7. The molecule has 5 saturated carbocycles. The number of rotatable bonds is 7. The number of aliphatic hydroxyl groups is 9. The predicted octanol–water partition coefficient (Wildman–Crippen LogP) is 0.724. The van der Waals surface area contributed by atoms with Gasteiger partial charge >= 0.3 is 0 Å². The highest BCUT2D eigenvalue weighted by atomic mass is 16.8. The molecule has 8 rings (SSSR count). The van der Waals surface area contributed by atoms with Crippen LogP contribution in [0.15, 0.2) is 0 Å². The van der Waals surface area contributed by atoms with Crippen LogP contribution < -0.4 is 0 Å². The van der Waals surface area contributed by atoms with Crippen molar-refractivity contribution < 1.29 is 69.6 Å². The van der Waals surface area contributed by atoms with Crippen LogP contribution in [0.1, 0.15) is 106 Å². The molecule has 3 aliphatic heterocycles. The van der Waals surface area contributed by atoms with Crippen molar-refractivity contribution in [2.75, 3.05) is 13.2 Å². The summed E-state index contributed by atoms with van der Waals surface area (Å²) in [6.07, 6.45) is -7.87. The fourth-order valence-corrected chi connectivity index (χ4v) is 14.9. The van der Waals surface area contributed by atoms with Crippen LogP contribution in [-0.4, -0.2) is 150 Å². The molecule has 316 valence electrons. The highest BCUT2D eigenvalue weighted by Gasteiger charge is 2.85. The minimum Gasteiger partial charge on any atom is -0.394 e. The molecule has 0 aromatic carbocycles. The monoisotopic (exact) mass is 784 g/mol. The van der Waals surface area contributed by atoms with E-state index in [0.717, 1.165) is 38.5 Å². The first kappa shape index (κ1) is 41.2. The molecule has 0 aromatic rings. The maximum Gasteiger partial charge on any atom is 0.187 e. The summed E-state index contributed by atoms with van der Waals surface area (Å²) in [7, 11) is 0. The van der Waals surface area contributed by atoms with Crippen molar-refractivity contribution in [3.05, 3.63) is 0 Å². The third-order valence-electron chi connectivity index (χ3n) is 17.6. The van der Waals surface area contributed by atoms with Crippen LogP contribution in [0, 0.1) is 44.8 Å². The Hall–Kier alpha value is -0.560. The van der Waals surface area contributed by atoms with Gasteiger partial charge in [-0.05, 0) is 117 Å². The number of ether oxygens (including phenoxy) is 5. The van der Waals surface area contributed by atoms with Crippen molar-refractivity contribution in [3.63, 3.8) is 0 Å². The van der Waals surface area contributed by atoms with E-state index < -0.39 is 96.8 Å². The lowest BCUT2D eigenvalue weighted by Crippen LogP contribution is -2.64. The highest BCUT2D eigenvalue weighted by molar-refractivity contribution is 5.33. The average molecular weight is 785 g/mol. The number of fused-ring (bicyclic) bond motifs is 2. The first-order valence-corrected chi connectivity index (χ1v) is 20.9. The Labute approximate surface area is 324 Å². The molecule has 3 saturated heterocycles. The Morgan fingerprint density at radius 3 is 2.07 bits per heavy atom. The van der Waals surface area contributed by atoms with Crippen LogP contribution in [0.2, 0.25) is 0 Å². The summed E-state index contributed by atoms with van der Waals surface area (Å²) in [5.74, 6) is 0.0159. The van der Waals surface area contributed by atoms with E-state index in [4.69, 9.17) is 23.7 Å². The first-order chi connectivity index (χ1) is 25.5. The summed E-state index contributed by atoms with van der Waals surface area (Å²) < 4.78 is 30.9. The second kappa shape index (κ2) is 13.2. The van der Waals surface area contributed by atoms with Crippen LogP contribution in [0.25, 0.3) is 0 Å². The topological polar surface area (TPSA) is 228 Å². The zero-order chi connectivity index (χ0) is 40.1. The zero-order valence-electron chi connectivity index (χ0n) is 33.6. The second-order valence-corrected chi connectivity index (χ2v) is 21.1. The minimum absolute atomic E-state index is 0.0193. The smallest absolute Gasteiger partial charge is 0.187 e. The molecule has 2 spiro atoms. The maximum atomic E-state index is 12.4. The Morgan fingerprint density at radius 2 is 1.42 bits per heavy atom. The molecule has 8 aliphatic rings. The molecule has 0 bridgehead atoms. The fraction of sp³-hybridized carbons (Fsp3) is 1.00. The molecule has 5 aliphatic carbocycles. The van der Waals surface area contributed by atoms with Gasteiger partial charge in [-0.2, -0.15) is 0 Å². The Morgan fingerprint density at radius 1 is 0.709 bits per heavy atom. The van der Waals surface area contributed by atoms with Crippen LogP contribution in [-0.2, 0) is 23.7 Å². The van der Waals surface area contributed by atoms with E-state index in [1.54, 1.807) is 13.8 Å². The summed E-state index contributed by atoms with van der Waals surface area (Å²) in [5.41, 5.74) is -2.64. The lowest BCUT2D eigenvalue weighted by Gasteiger charge is -2.64. The lowest BCUT2D eigenvalue weighted by molar-refractivity contribution is -0.366. The number of aliphatic hydroxyl groups excluding tert-OH is 8. The summed E-state index contributed by atoms with van der Waals surface area (Å²) >= 11 is 0. The molecular weight excluding hydrogens is 716 g/mol. The summed E-state index contributed by atoms with van der Waals surface area (Å²) in [5, 5.41) is 97.9. The van der Waals surface area contributed by atoms with E-state index in [0.29, 0.717) is 19.3 Å². The van der Waals surface area contributed by atoms with Crippen LogP contribution in [0.3, 0.4) is 0 Å². The van der Waals surface area contributed by atoms with Gasteiger partial charge in [-0.15, -0.1) is 0 Å². The van der Waals surface area contributed by atoms with Crippen LogP contribution in [0.4, 0.5) is 0 Å². The SMILES string of the molecule is CC(C)(O)[C@@H]1CC[C@](C)([C@H]2[C@@H](O)C[C@@]3(C)[C@@H]4C[C@H](O)[C@H]5C(C)(C)[C@@H](O[C@@H]6OC[C@@H](O)[C@H](O)[C@H]6O[C@@H]6O[C@H](CO)[C@@H](O)[C@H](O)[C@H]6O)CC[C@@]56C[C@@]46CCC23C)O1. The summed E-state index contributed by atoms with van der Waals surface area (Å²) in [6.45, 7) is 13.8. The van der Waals surface area contributed by atoms with Crippen molar-refractivity contribution in [2.24, 2.45) is 44.8 Å². The molecule has 0 amide bonds. The van der Waals surface area contributed by atoms with E-state index in [1.165, 1.54) is 0 Å². The van der Waals surface area contributed by atoms with Gasteiger partial charge in [-0.1, -0.05) is 27.7 Å². The van der Waals surface area contributed by atoms with Crippen molar-refractivity contribution in [2.45, 2.75) is 197 Å². The largest absolute Gasteiger partial charge is 0.394 e. The van der Waals surface area contributed by atoms with E-state index in [1.807, 2.05) is 0 Å². The van der Waals surface area contributed by atoms with Gasteiger partial charge in [0.15, 0.2) is 12.6 Å². The lowest BCUT2D eigenvalue weighted by atomic mass is 9.41. The van der Waals surface area contributed by atoms with E-state index >= 15 is 0 Å². The predicted molar refractivity (Wildman–Crippen MR) is 194 cm³/mol. The average Bonchev–Trinajstić information content (AvgIpc) is 3.45. The molecule has 21 atom stereocenters. The number of hydrogen-bond donors (Lipinski definition) is 9. The molecule has 3 heterocycles. The molecule has 1 unspecified atom stereocenters. The van der Waals surface area contributed by atoms with E-state index in [9.17, 15) is 46.0 Å². The molecule has 14 nitrogen and oxygen atoms in total.